The third-order valence-electron chi connectivity index (χ3n) is 4.97. The largest absolute Gasteiger partial charge is 0.354 e. The third kappa shape index (κ3) is 7.86. The topological polar surface area (TPSA) is 86.8 Å². The molecule has 0 unspecified atom stereocenters. The van der Waals surface area contributed by atoms with Gasteiger partial charge in [0, 0.05) is 17.6 Å². The van der Waals surface area contributed by atoms with Crippen molar-refractivity contribution >= 4 is 66.7 Å². The predicted molar refractivity (Wildman–Crippen MR) is 141 cm³/mol. The fourth-order valence-electron chi connectivity index (χ4n) is 3.15. The Labute approximate surface area is 219 Å². The molecular formula is C23H28BrCl2N3O4S. The van der Waals surface area contributed by atoms with E-state index < -0.39 is 28.5 Å². The zero-order valence-corrected chi connectivity index (χ0v) is 23.3. The monoisotopic (exact) mass is 591 g/mol. The van der Waals surface area contributed by atoms with Crippen LogP contribution in [-0.2, 0) is 26.2 Å². The number of hydrogen-bond donors (Lipinski definition) is 1. The Morgan fingerprint density at radius 3 is 2.32 bits per heavy atom. The molecule has 1 N–H and O–H groups in total. The van der Waals surface area contributed by atoms with Crippen LogP contribution in [0.1, 0.15) is 26.3 Å². The van der Waals surface area contributed by atoms with Gasteiger partial charge in [-0.15, -0.1) is 0 Å². The Morgan fingerprint density at radius 2 is 1.74 bits per heavy atom. The fourth-order valence-corrected chi connectivity index (χ4v) is 4.90. The van der Waals surface area contributed by atoms with E-state index in [4.69, 9.17) is 23.2 Å². The van der Waals surface area contributed by atoms with Gasteiger partial charge in [-0.3, -0.25) is 13.9 Å². The van der Waals surface area contributed by atoms with E-state index in [9.17, 15) is 18.0 Å². The molecule has 11 heteroatoms. The van der Waals surface area contributed by atoms with Crippen LogP contribution in [0.3, 0.4) is 0 Å². The summed E-state index contributed by atoms with van der Waals surface area (Å²) >= 11 is 15.7. The molecule has 0 fully saturated rings. The smallest absolute Gasteiger partial charge is 0.244 e. The molecule has 1 atom stereocenters. The molecule has 0 heterocycles. The van der Waals surface area contributed by atoms with E-state index in [1.165, 1.54) is 17.0 Å². The van der Waals surface area contributed by atoms with Crippen molar-refractivity contribution in [3.63, 3.8) is 0 Å². The zero-order valence-electron chi connectivity index (χ0n) is 19.4. The molecule has 7 nitrogen and oxygen atoms in total. The van der Waals surface area contributed by atoms with Crippen molar-refractivity contribution in [3.05, 3.63) is 62.5 Å². The minimum absolute atomic E-state index is 0.0173. The van der Waals surface area contributed by atoms with Gasteiger partial charge in [0.2, 0.25) is 21.8 Å². The lowest BCUT2D eigenvalue weighted by molar-refractivity contribution is -0.139. The first-order chi connectivity index (χ1) is 15.8. The van der Waals surface area contributed by atoms with Crippen molar-refractivity contribution in [2.24, 2.45) is 5.92 Å². The first-order valence-corrected chi connectivity index (χ1v) is 13.9. The summed E-state index contributed by atoms with van der Waals surface area (Å²) in [7, 11) is -3.90. The zero-order chi connectivity index (χ0) is 25.6. The van der Waals surface area contributed by atoms with Gasteiger partial charge in [-0.1, -0.05) is 71.2 Å². The molecule has 0 bridgehead atoms. The van der Waals surface area contributed by atoms with Gasteiger partial charge in [0.15, 0.2) is 0 Å². The predicted octanol–water partition coefficient (Wildman–Crippen LogP) is 4.71. The van der Waals surface area contributed by atoms with E-state index in [0.717, 1.165) is 20.6 Å². The van der Waals surface area contributed by atoms with Gasteiger partial charge in [-0.2, -0.15) is 0 Å². The highest BCUT2D eigenvalue weighted by Gasteiger charge is 2.31. The van der Waals surface area contributed by atoms with Gasteiger partial charge in [0.1, 0.15) is 12.6 Å². The minimum Gasteiger partial charge on any atom is -0.354 e. The second kappa shape index (κ2) is 12.2. The molecule has 0 saturated heterocycles. The Hall–Kier alpha value is -1.81. The molecule has 0 aromatic heterocycles. The van der Waals surface area contributed by atoms with Crippen molar-refractivity contribution < 1.29 is 18.0 Å². The van der Waals surface area contributed by atoms with Crippen molar-refractivity contribution in [2.75, 3.05) is 23.7 Å². The molecule has 2 amide bonds. The molecule has 0 saturated carbocycles. The number of nitrogens with zero attached hydrogens (tertiary/aromatic N) is 2. The molecular weight excluding hydrogens is 565 g/mol. The number of hydrogen-bond acceptors (Lipinski definition) is 4. The van der Waals surface area contributed by atoms with Gasteiger partial charge < -0.3 is 10.2 Å². The maximum absolute atomic E-state index is 13.5. The molecule has 0 spiro atoms. The van der Waals surface area contributed by atoms with Gasteiger partial charge >= 0.3 is 0 Å². The number of nitrogens with one attached hydrogen (secondary N) is 1. The first kappa shape index (κ1) is 28.4. The summed E-state index contributed by atoms with van der Waals surface area (Å²) in [5, 5.41) is 3.01. The number of carbonyl (C=O) groups is 2. The Balaban J connectivity index is 2.41. The number of rotatable bonds is 10. The number of amides is 2. The average Bonchev–Trinajstić information content (AvgIpc) is 2.75. The van der Waals surface area contributed by atoms with Crippen molar-refractivity contribution in [1.29, 1.82) is 0 Å². The summed E-state index contributed by atoms with van der Waals surface area (Å²) in [6.07, 6.45) is 0.981. The molecule has 0 aliphatic heterocycles. The Bertz CT molecular complexity index is 1140. The summed E-state index contributed by atoms with van der Waals surface area (Å²) in [6, 6.07) is 11.0. The number of anilines is 1. The van der Waals surface area contributed by atoms with Gasteiger partial charge in [-0.25, -0.2) is 8.42 Å². The molecule has 2 aromatic rings. The first-order valence-electron chi connectivity index (χ1n) is 10.5. The van der Waals surface area contributed by atoms with Crippen molar-refractivity contribution in [2.45, 2.75) is 33.4 Å². The Kier molecular flexibility index (Phi) is 10.2. The number of benzene rings is 2. The minimum atomic E-state index is -3.90. The van der Waals surface area contributed by atoms with E-state index in [1.54, 1.807) is 13.0 Å². The molecule has 34 heavy (non-hydrogen) atoms. The van der Waals surface area contributed by atoms with Crippen LogP contribution in [0.25, 0.3) is 0 Å². The summed E-state index contributed by atoms with van der Waals surface area (Å²) < 4.78 is 26.9. The second-order valence-corrected chi connectivity index (χ2v) is 11.9. The second-order valence-electron chi connectivity index (χ2n) is 8.31. The lowest BCUT2D eigenvalue weighted by Gasteiger charge is -2.32. The van der Waals surface area contributed by atoms with E-state index in [0.29, 0.717) is 6.54 Å². The van der Waals surface area contributed by atoms with E-state index in [2.05, 4.69) is 21.2 Å². The van der Waals surface area contributed by atoms with Gasteiger partial charge in [0.05, 0.1) is 22.0 Å². The van der Waals surface area contributed by atoms with Gasteiger partial charge in [-0.05, 0) is 42.7 Å². The van der Waals surface area contributed by atoms with E-state index >= 15 is 0 Å². The Morgan fingerprint density at radius 1 is 1.09 bits per heavy atom. The highest BCUT2D eigenvalue weighted by Crippen LogP contribution is 2.33. The van der Waals surface area contributed by atoms with Crippen LogP contribution in [0.4, 0.5) is 5.69 Å². The molecule has 0 aliphatic carbocycles. The maximum Gasteiger partial charge on any atom is 0.244 e. The summed E-state index contributed by atoms with van der Waals surface area (Å²) in [5.41, 5.74) is 0.863. The van der Waals surface area contributed by atoms with Crippen LogP contribution >= 0.6 is 39.1 Å². The van der Waals surface area contributed by atoms with Crippen LogP contribution in [0.5, 0.6) is 0 Å². The van der Waals surface area contributed by atoms with Crippen LogP contribution in [-0.4, -0.2) is 50.5 Å². The number of sulfonamides is 1. The summed E-state index contributed by atoms with van der Waals surface area (Å²) in [6.45, 7) is 5.56. The van der Waals surface area contributed by atoms with Crippen LogP contribution in [0, 0.1) is 5.92 Å². The number of carbonyl (C=O) groups excluding carboxylic acids is 2. The van der Waals surface area contributed by atoms with E-state index in [-0.39, 0.29) is 34.1 Å². The standard InChI is InChI=1S/C23H28BrCl2N3O4S/c1-15(2)12-27-23(31)16(3)28(13-17-7-5-8-18(24)11-17)21(30)14-29(34(4,32)33)20-10-6-9-19(25)22(20)26/h5-11,15-16H,12-14H2,1-4H3,(H,27,31)/t16-/m1/s1. The fraction of sp³-hybridized carbons (Fsp3) is 0.391. The average molecular weight is 593 g/mol. The number of halogens is 3. The molecule has 186 valence electrons. The van der Waals surface area contributed by atoms with Crippen molar-refractivity contribution in [1.82, 2.24) is 10.2 Å². The molecule has 2 aromatic carbocycles. The van der Waals surface area contributed by atoms with E-state index in [1.807, 2.05) is 38.1 Å². The van der Waals surface area contributed by atoms with Crippen molar-refractivity contribution in [3.8, 4) is 0 Å². The third-order valence-corrected chi connectivity index (χ3v) is 7.40. The van der Waals surface area contributed by atoms with Crippen LogP contribution in [0.15, 0.2) is 46.9 Å². The van der Waals surface area contributed by atoms with Crippen LogP contribution < -0.4 is 9.62 Å². The normalized spacial score (nSPS) is 12.4. The lowest BCUT2D eigenvalue weighted by Crippen LogP contribution is -2.51. The summed E-state index contributed by atoms with van der Waals surface area (Å²) in [5.74, 6) is -0.659. The molecule has 0 radical (unpaired) electrons. The quantitative estimate of drug-likeness (QED) is 0.433. The molecule has 2 rings (SSSR count). The van der Waals surface area contributed by atoms with Crippen LogP contribution in [0.2, 0.25) is 10.0 Å². The van der Waals surface area contributed by atoms with Gasteiger partial charge in [0.25, 0.3) is 0 Å². The molecule has 0 aliphatic rings. The highest BCUT2D eigenvalue weighted by atomic mass is 79.9. The highest BCUT2D eigenvalue weighted by molar-refractivity contribution is 9.10. The maximum atomic E-state index is 13.5. The SMILES string of the molecule is CC(C)CNC(=O)[C@@H](C)N(Cc1cccc(Br)c1)C(=O)CN(c1cccc(Cl)c1Cl)S(C)(=O)=O. The summed E-state index contributed by atoms with van der Waals surface area (Å²) in [4.78, 5) is 27.7. The lowest BCUT2D eigenvalue weighted by atomic mass is 10.1.